The van der Waals surface area contributed by atoms with Gasteiger partial charge >= 0.3 is 0 Å². The van der Waals surface area contributed by atoms with E-state index >= 15 is 0 Å². The minimum atomic E-state index is -2.83. The van der Waals surface area contributed by atoms with Gasteiger partial charge in [0, 0.05) is 96.0 Å². The van der Waals surface area contributed by atoms with Gasteiger partial charge in [0.2, 0.25) is 8.07 Å². The van der Waals surface area contributed by atoms with Gasteiger partial charge in [0.25, 0.3) is 0 Å². The lowest BCUT2D eigenvalue weighted by Gasteiger charge is -2.28. The van der Waals surface area contributed by atoms with Crippen LogP contribution in [0.2, 0.25) is 0 Å². The Morgan fingerprint density at radius 3 is 0.607 bits per heavy atom. The molecule has 61 heavy (non-hydrogen) atoms. The third-order valence-electron chi connectivity index (χ3n) is 10.4. The van der Waals surface area contributed by atoms with Gasteiger partial charge in [0.15, 0.2) is 0 Å². The Hall–Kier alpha value is -3.38. The second-order valence-corrected chi connectivity index (χ2v) is 31.5. The van der Waals surface area contributed by atoms with Crippen molar-refractivity contribution < 1.29 is 0 Å². The standard InChI is InChI=1S/C48H28S12Si/c1-5-29(49-25-1)33-9-13-37(53-33)41-17-21-45(57-41)61(46-22-18-42(58-46)38-14-10-34(54-38)30-6-2-26-50-30,47-23-19-43(59-47)39-15-11-35(55-39)31-7-3-27-51-31)48-24-20-44(60-48)40-16-12-36(56-40)32-8-4-28-52-32/h1-28H. The van der Waals surface area contributed by atoms with Gasteiger partial charge in [-0.25, -0.2) is 0 Å². The maximum atomic E-state index is 2.50. The van der Waals surface area contributed by atoms with E-state index in [0.717, 1.165) is 0 Å². The summed E-state index contributed by atoms with van der Waals surface area (Å²) in [5.41, 5.74) is 0. The van der Waals surface area contributed by atoms with E-state index in [9.17, 15) is 0 Å². The highest BCUT2D eigenvalue weighted by atomic mass is 32.1. The largest absolute Gasteiger partial charge is 0.222 e. The Bertz CT molecular complexity index is 2870. The summed E-state index contributed by atoms with van der Waals surface area (Å²) in [6, 6.07) is 55.7. The van der Waals surface area contributed by atoms with Gasteiger partial charge in [0.1, 0.15) is 0 Å². The minimum absolute atomic E-state index is 1.34. The van der Waals surface area contributed by atoms with Crippen LogP contribution in [0.5, 0.6) is 0 Å². The van der Waals surface area contributed by atoms with Crippen molar-refractivity contribution in [3.05, 3.63) is 167 Å². The Kier molecular flexibility index (Phi) is 10.7. The maximum absolute atomic E-state index is 2.83. The lowest BCUT2D eigenvalue weighted by molar-refractivity contribution is 1.90. The molecule has 12 aromatic rings. The number of rotatable bonds is 12. The molecule has 0 aliphatic rings. The molecule has 12 heterocycles. The topological polar surface area (TPSA) is 0 Å². The molecule has 13 heteroatoms. The molecule has 0 unspecified atom stereocenters. The zero-order valence-electron chi connectivity index (χ0n) is 31.6. The molecule has 0 bridgehead atoms. The van der Waals surface area contributed by atoms with Crippen LogP contribution in [-0.4, -0.2) is 8.07 Å². The van der Waals surface area contributed by atoms with E-state index in [4.69, 9.17) is 0 Å². The molecule has 0 radical (unpaired) electrons. The minimum Gasteiger partial charge on any atom is -0.143 e. The summed E-state index contributed by atoms with van der Waals surface area (Å²) in [6.45, 7) is 0. The SMILES string of the molecule is c1csc(-c2ccc(-c3ccc([Si](c4ccc(-c5ccc(-c6cccs6)s5)s4)(c4ccc(-c5ccc(-c6cccs6)s5)s4)c4ccc(-c5ccc(-c6cccs6)s5)s4)s3)s2)c1. The quantitative estimate of drug-likeness (QED) is 0.107. The van der Waals surface area contributed by atoms with Crippen molar-refractivity contribution in [2.45, 2.75) is 0 Å². The van der Waals surface area contributed by atoms with E-state index in [0.29, 0.717) is 0 Å². The first-order valence-corrected chi connectivity index (χ1v) is 31.2. The normalized spacial score (nSPS) is 11.9. The summed E-state index contributed by atoms with van der Waals surface area (Å²) < 4.78 is 5.96. The molecule has 12 rings (SSSR count). The molecular formula is C48H28S12Si. The summed E-state index contributed by atoms with van der Waals surface area (Å²) in [6.07, 6.45) is 0. The monoisotopic (exact) mass is 1020 g/mol. The number of hydrogen-bond donors (Lipinski definition) is 0. The highest BCUT2D eigenvalue weighted by molar-refractivity contribution is 7.55. The fourth-order valence-electron chi connectivity index (χ4n) is 7.50. The summed E-state index contributed by atoms with van der Waals surface area (Å²) in [5.74, 6) is 0. The molecule has 0 aliphatic heterocycles. The fraction of sp³-hybridized carbons (Fsp3) is 0. The molecule has 0 amide bonds. The van der Waals surface area contributed by atoms with E-state index in [2.05, 4.69) is 167 Å². The van der Waals surface area contributed by atoms with Crippen molar-refractivity contribution in [1.29, 1.82) is 0 Å². The van der Waals surface area contributed by atoms with Crippen molar-refractivity contribution in [3.63, 3.8) is 0 Å². The van der Waals surface area contributed by atoms with Gasteiger partial charge in [-0.05, 0) is 119 Å². The molecule has 0 nitrogen and oxygen atoms in total. The second kappa shape index (κ2) is 16.6. The molecule has 0 aliphatic carbocycles. The first-order chi connectivity index (χ1) is 30.2. The Labute approximate surface area is 402 Å². The smallest absolute Gasteiger partial charge is 0.143 e. The van der Waals surface area contributed by atoms with Crippen LogP contribution >= 0.6 is 136 Å². The molecule has 0 N–H and O–H groups in total. The van der Waals surface area contributed by atoms with Gasteiger partial charge in [0.05, 0.1) is 0 Å². The Balaban J connectivity index is 1.04. The van der Waals surface area contributed by atoms with Crippen molar-refractivity contribution in [2.75, 3.05) is 0 Å². The van der Waals surface area contributed by atoms with Gasteiger partial charge in [-0.1, -0.05) is 48.5 Å². The maximum Gasteiger partial charge on any atom is 0.222 e. The van der Waals surface area contributed by atoms with Crippen LogP contribution in [0.15, 0.2) is 167 Å². The lowest BCUT2D eigenvalue weighted by atomic mass is 10.3. The summed E-state index contributed by atoms with van der Waals surface area (Å²) in [5, 5.41) is 8.70. The molecular weight excluding hydrogens is 989 g/mol. The molecule has 0 saturated heterocycles. The van der Waals surface area contributed by atoms with E-state index in [1.54, 1.807) is 0 Å². The highest BCUT2D eigenvalue weighted by Gasteiger charge is 2.47. The van der Waals surface area contributed by atoms with Crippen LogP contribution in [0.3, 0.4) is 0 Å². The zero-order valence-corrected chi connectivity index (χ0v) is 42.4. The van der Waals surface area contributed by atoms with Crippen LogP contribution in [0.1, 0.15) is 0 Å². The van der Waals surface area contributed by atoms with E-state index < -0.39 is 8.07 Å². The average Bonchev–Trinajstić information content (AvgIpc) is 4.12. The average molecular weight is 1020 g/mol. The van der Waals surface area contributed by atoms with Crippen molar-refractivity contribution in [3.8, 4) is 78.0 Å². The third kappa shape index (κ3) is 7.25. The van der Waals surface area contributed by atoms with Crippen LogP contribution < -0.4 is 18.0 Å². The first kappa shape index (κ1) is 39.2. The summed E-state index contributed by atoms with van der Waals surface area (Å²) >= 11 is 23.0. The van der Waals surface area contributed by atoms with Gasteiger partial charge < -0.3 is 0 Å². The molecule has 0 fully saturated rings. The fourth-order valence-corrected chi connectivity index (χ4v) is 29.9. The first-order valence-electron chi connectivity index (χ1n) is 19.1. The molecule has 0 saturated carbocycles. The van der Waals surface area contributed by atoms with Crippen LogP contribution in [0.25, 0.3) is 78.0 Å². The van der Waals surface area contributed by atoms with Crippen molar-refractivity contribution in [1.82, 2.24) is 0 Å². The predicted molar refractivity (Wildman–Crippen MR) is 288 cm³/mol. The second-order valence-electron chi connectivity index (χ2n) is 14.0. The van der Waals surface area contributed by atoms with Gasteiger partial charge in [-0.3, -0.25) is 0 Å². The molecule has 12 aromatic heterocycles. The van der Waals surface area contributed by atoms with Crippen LogP contribution in [-0.2, 0) is 0 Å². The summed E-state index contributed by atoms with van der Waals surface area (Å²) in [7, 11) is -2.83. The van der Waals surface area contributed by atoms with Gasteiger partial charge in [-0.15, -0.1) is 136 Å². The zero-order chi connectivity index (χ0) is 40.3. The molecule has 0 atom stereocenters. The van der Waals surface area contributed by atoms with E-state index in [-0.39, 0.29) is 0 Å². The van der Waals surface area contributed by atoms with E-state index in [1.165, 1.54) is 96.0 Å². The predicted octanol–water partition coefficient (Wildman–Crippen LogP) is 17.1. The Morgan fingerprint density at radius 1 is 0.197 bits per heavy atom. The third-order valence-corrected chi connectivity index (χ3v) is 31.9. The number of thiophene rings is 12. The van der Waals surface area contributed by atoms with Crippen LogP contribution in [0, 0.1) is 0 Å². The number of hydrogen-bond acceptors (Lipinski definition) is 12. The van der Waals surface area contributed by atoms with Crippen molar-refractivity contribution >= 4 is 162 Å². The molecule has 0 aromatic carbocycles. The molecule has 0 spiro atoms. The highest BCUT2D eigenvalue weighted by Crippen LogP contribution is 2.44. The van der Waals surface area contributed by atoms with Crippen LogP contribution in [0.4, 0.5) is 0 Å². The summed E-state index contributed by atoms with van der Waals surface area (Å²) in [4.78, 5) is 21.5. The van der Waals surface area contributed by atoms with Gasteiger partial charge in [-0.2, -0.15) is 0 Å². The van der Waals surface area contributed by atoms with Crippen molar-refractivity contribution in [2.24, 2.45) is 0 Å². The Morgan fingerprint density at radius 2 is 0.393 bits per heavy atom. The van der Waals surface area contributed by atoms with E-state index in [1.807, 2.05) is 136 Å². The lowest BCUT2D eigenvalue weighted by Crippen LogP contribution is -2.71. The molecule has 296 valence electrons.